The average Bonchev–Trinajstić information content (AvgIpc) is 2.95. The summed E-state index contributed by atoms with van der Waals surface area (Å²) in [6.07, 6.45) is 1.38. The number of hydrogen-bond donors (Lipinski definition) is 3. The number of sulfonamides is 1. The third-order valence-electron chi connectivity index (χ3n) is 3.07. The second-order valence-corrected chi connectivity index (χ2v) is 7.90. The van der Waals surface area contributed by atoms with Crippen LogP contribution in [0, 0.1) is 13.8 Å². The maximum atomic E-state index is 12.3. The van der Waals surface area contributed by atoms with Crippen molar-refractivity contribution < 1.29 is 13.5 Å². The second kappa shape index (κ2) is 5.69. The van der Waals surface area contributed by atoms with Gasteiger partial charge >= 0.3 is 0 Å². The van der Waals surface area contributed by atoms with Gasteiger partial charge in [-0.05, 0) is 38.5 Å². The molecule has 0 fully saturated rings. The lowest BCUT2D eigenvalue weighted by Gasteiger charge is -2.13. The largest absolute Gasteiger partial charge is 0.390 e. The number of aliphatic hydroxyl groups is 1. The number of hydrogen-bond acceptors (Lipinski definition) is 4. The SMILES string of the molecule is Cc1cc(C(C)NS(=O)(=O)c2c[nH]c(CO)c2)c(C)s1. The highest BCUT2D eigenvalue weighted by Crippen LogP contribution is 2.27. The van der Waals surface area contributed by atoms with Gasteiger partial charge < -0.3 is 10.1 Å². The molecular formula is C13H18N2O3S2. The first kappa shape index (κ1) is 15.2. The first-order chi connectivity index (χ1) is 9.33. The smallest absolute Gasteiger partial charge is 0.242 e. The van der Waals surface area contributed by atoms with E-state index < -0.39 is 10.0 Å². The topological polar surface area (TPSA) is 82.2 Å². The van der Waals surface area contributed by atoms with Crippen molar-refractivity contribution in [1.82, 2.24) is 9.71 Å². The third kappa shape index (κ3) is 3.12. The Morgan fingerprint density at radius 1 is 1.40 bits per heavy atom. The van der Waals surface area contributed by atoms with Crippen molar-refractivity contribution in [3.05, 3.63) is 39.3 Å². The fraction of sp³-hybridized carbons (Fsp3) is 0.385. The van der Waals surface area contributed by atoms with Crippen LogP contribution in [0.2, 0.25) is 0 Å². The van der Waals surface area contributed by atoms with Crippen LogP contribution in [0.3, 0.4) is 0 Å². The molecule has 20 heavy (non-hydrogen) atoms. The van der Waals surface area contributed by atoms with E-state index in [2.05, 4.69) is 9.71 Å². The minimum Gasteiger partial charge on any atom is -0.390 e. The molecule has 2 rings (SSSR count). The van der Waals surface area contributed by atoms with E-state index in [1.54, 1.807) is 11.3 Å². The molecule has 2 aromatic heterocycles. The highest BCUT2D eigenvalue weighted by atomic mass is 32.2. The Morgan fingerprint density at radius 3 is 2.60 bits per heavy atom. The monoisotopic (exact) mass is 314 g/mol. The van der Waals surface area contributed by atoms with Crippen molar-refractivity contribution >= 4 is 21.4 Å². The van der Waals surface area contributed by atoms with Crippen LogP contribution >= 0.6 is 11.3 Å². The fourth-order valence-corrected chi connectivity index (χ4v) is 4.37. The summed E-state index contributed by atoms with van der Waals surface area (Å²) < 4.78 is 27.2. The highest BCUT2D eigenvalue weighted by Gasteiger charge is 2.21. The van der Waals surface area contributed by atoms with Crippen molar-refractivity contribution in [2.45, 2.75) is 38.3 Å². The van der Waals surface area contributed by atoms with Crippen LogP contribution in [0.15, 0.2) is 23.2 Å². The van der Waals surface area contributed by atoms with E-state index >= 15 is 0 Å². The second-order valence-electron chi connectivity index (χ2n) is 4.73. The van der Waals surface area contributed by atoms with Gasteiger partial charge in [0.1, 0.15) is 0 Å². The number of aromatic nitrogens is 1. The van der Waals surface area contributed by atoms with Crippen LogP contribution in [0.5, 0.6) is 0 Å². The van der Waals surface area contributed by atoms with Gasteiger partial charge in [0, 0.05) is 27.7 Å². The highest BCUT2D eigenvalue weighted by molar-refractivity contribution is 7.89. The molecule has 0 aromatic carbocycles. The molecule has 0 spiro atoms. The molecule has 0 radical (unpaired) electrons. The van der Waals surface area contributed by atoms with Gasteiger partial charge in [0.05, 0.1) is 11.5 Å². The lowest BCUT2D eigenvalue weighted by molar-refractivity contribution is 0.277. The van der Waals surface area contributed by atoms with Gasteiger partial charge in [-0.3, -0.25) is 0 Å². The molecule has 0 bridgehead atoms. The van der Waals surface area contributed by atoms with Gasteiger partial charge in [-0.15, -0.1) is 11.3 Å². The molecule has 0 saturated carbocycles. The maximum Gasteiger partial charge on any atom is 0.242 e. The Balaban J connectivity index is 2.21. The Hall–Kier alpha value is -1.15. The van der Waals surface area contributed by atoms with E-state index in [1.807, 2.05) is 26.8 Å². The van der Waals surface area contributed by atoms with Crippen LogP contribution in [0.4, 0.5) is 0 Å². The number of nitrogens with one attached hydrogen (secondary N) is 2. The standard InChI is InChI=1S/C13H18N2O3S2/c1-8-4-13(10(3)19-8)9(2)15-20(17,18)12-5-11(7-16)14-6-12/h4-6,9,14-16H,7H2,1-3H3. The molecule has 1 unspecified atom stereocenters. The molecule has 2 aromatic rings. The Morgan fingerprint density at radius 2 is 2.10 bits per heavy atom. The predicted octanol–water partition coefficient (Wildman–Crippen LogP) is 2.22. The Labute approximate surface area is 122 Å². The first-order valence-corrected chi connectivity index (χ1v) is 8.51. The van der Waals surface area contributed by atoms with E-state index in [0.29, 0.717) is 5.69 Å². The summed E-state index contributed by atoms with van der Waals surface area (Å²) in [5.41, 5.74) is 1.47. The Bertz CT molecular complexity index is 701. The molecule has 110 valence electrons. The van der Waals surface area contributed by atoms with Gasteiger partial charge in [-0.25, -0.2) is 13.1 Å². The average molecular weight is 314 g/mol. The van der Waals surface area contributed by atoms with Gasteiger partial charge in [-0.1, -0.05) is 0 Å². The van der Waals surface area contributed by atoms with Crippen LogP contribution in [0.25, 0.3) is 0 Å². The number of H-pyrrole nitrogens is 1. The summed E-state index contributed by atoms with van der Waals surface area (Å²) in [4.78, 5) is 5.13. The molecule has 7 heteroatoms. The summed E-state index contributed by atoms with van der Waals surface area (Å²) >= 11 is 1.65. The number of aliphatic hydroxyl groups excluding tert-OH is 1. The summed E-state index contributed by atoms with van der Waals surface area (Å²) in [5, 5.41) is 8.97. The summed E-state index contributed by atoms with van der Waals surface area (Å²) in [5.74, 6) is 0. The summed E-state index contributed by atoms with van der Waals surface area (Å²) in [7, 11) is -3.59. The van der Waals surface area contributed by atoms with Crippen molar-refractivity contribution in [1.29, 1.82) is 0 Å². The van der Waals surface area contributed by atoms with Crippen molar-refractivity contribution in [2.24, 2.45) is 0 Å². The molecule has 0 saturated heterocycles. The van der Waals surface area contributed by atoms with Gasteiger partial charge in [0.25, 0.3) is 0 Å². The van der Waals surface area contributed by atoms with Gasteiger partial charge in [0.15, 0.2) is 0 Å². The van der Waals surface area contributed by atoms with Crippen LogP contribution in [-0.4, -0.2) is 18.5 Å². The zero-order valence-electron chi connectivity index (χ0n) is 11.6. The third-order valence-corrected chi connectivity index (χ3v) is 5.58. The van der Waals surface area contributed by atoms with Crippen LogP contribution < -0.4 is 4.72 Å². The fourth-order valence-electron chi connectivity index (χ4n) is 2.11. The number of rotatable bonds is 5. The van der Waals surface area contributed by atoms with Crippen molar-refractivity contribution in [2.75, 3.05) is 0 Å². The Kier molecular flexibility index (Phi) is 4.33. The van der Waals surface area contributed by atoms with Crippen molar-refractivity contribution in [3.8, 4) is 0 Å². The van der Waals surface area contributed by atoms with E-state index in [9.17, 15) is 8.42 Å². The first-order valence-electron chi connectivity index (χ1n) is 6.21. The number of aromatic amines is 1. The summed E-state index contributed by atoms with van der Waals surface area (Å²) in [6, 6.07) is 3.14. The van der Waals surface area contributed by atoms with E-state index in [4.69, 9.17) is 5.11 Å². The molecule has 2 heterocycles. The number of thiophene rings is 1. The van der Waals surface area contributed by atoms with E-state index in [0.717, 1.165) is 15.3 Å². The van der Waals surface area contributed by atoms with Gasteiger partial charge in [-0.2, -0.15) is 0 Å². The van der Waals surface area contributed by atoms with E-state index in [1.165, 1.54) is 12.3 Å². The number of aryl methyl sites for hydroxylation is 2. The molecular weight excluding hydrogens is 296 g/mol. The molecule has 0 aliphatic carbocycles. The minimum atomic E-state index is -3.59. The lowest BCUT2D eigenvalue weighted by atomic mass is 10.1. The van der Waals surface area contributed by atoms with Gasteiger partial charge in [0.2, 0.25) is 10.0 Å². The maximum absolute atomic E-state index is 12.3. The van der Waals surface area contributed by atoms with Crippen molar-refractivity contribution in [3.63, 3.8) is 0 Å². The predicted molar refractivity (Wildman–Crippen MR) is 79.2 cm³/mol. The zero-order valence-corrected chi connectivity index (χ0v) is 13.2. The molecule has 3 N–H and O–H groups in total. The van der Waals surface area contributed by atoms with Crippen LogP contribution in [0.1, 0.15) is 34.0 Å². The molecule has 0 aliphatic heterocycles. The molecule has 5 nitrogen and oxygen atoms in total. The lowest BCUT2D eigenvalue weighted by Crippen LogP contribution is -2.26. The summed E-state index contributed by atoms with van der Waals surface area (Å²) in [6.45, 7) is 5.60. The molecule has 0 aliphatic rings. The van der Waals surface area contributed by atoms with E-state index in [-0.39, 0.29) is 17.5 Å². The normalized spacial score (nSPS) is 13.6. The van der Waals surface area contributed by atoms with Crippen LogP contribution in [-0.2, 0) is 16.6 Å². The molecule has 1 atom stereocenters. The minimum absolute atomic E-state index is 0.137. The quantitative estimate of drug-likeness (QED) is 0.791. The zero-order chi connectivity index (χ0) is 14.9. The molecule has 0 amide bonds.